The minimum atomic E-state index is -1.30. The number of halogens is 1. The number of carbonyl (C=O) groups is 1. The van der Waals surface area contributed by atoms with Crippen LogP contribution in [0.3, 0.4) is 0 Å². The molecular formula is C16H21FN6O. The Bertz CT molecular complexity index is 664. The van der Waals surface area contributed by atoms with E-state index in [4.69, 9.17) is 0 Å². The van der Waals surface area contributed by atoms with Crippen LogP contribution in [0.2, 0.25) is 0 Å². The molecule has 3 rings (SSSR count). The fourth-order valence-corrected chi connectivity index (χ4v) is 2.76. The lowest BCUT2D eigenvalue weighted by Gasteiger charge is -2.36. The molecule has 128 valence electrons. The third-order valence-electron chi connectivity index (χ3n) is 4.29. The summed E-state index contributed by atoms with van der Waals surface area (Å²) in [6, 6.07) is 3.93. The number of hydrogen-bond acceptors (Lipinski definition) is 5. The number of nitrogens with zero attached hydrogens (tertiary/aromatic N) is 4. The van der Waals surface area contributed by atoms with Gasteiger partial charge < -0.3 is 15.2 Å². The molecule has 0 aliphatic carbocycles. The van der Waals surface area contributed by atoms with Crippen LogP contribution in [-0.2, 0) is 6.54 Å². The van der Waals surface area contributed by atoms with Crippen LogP contribution >= 0.6 is 0 Å². The summed E-state index contributed by atoms with van der Waals surface area (Å²) in [4.78, 5) is 20.7. The van der Waals surface area contributed by atoms with Crippen molar-refractivity contribution in [2.45, 2.75) is 32.0 Å². The second kappa shape index (κ2) is 7.04. The van der Waals surface area contributed by atoms with Crippen LogP contribution in [-0.4, -0.2) is 56.3 Å². The van der Waals surface area contributed by atoms with Crippen LogP contribution in [0, 0.1) is 6.92 Å². The fourth-order valence-electron chi connectivity index (χ4n) is 2.76. The monoisotopic (exact) mass is 332 g/mol. The van der Waals surface area contributed by atoms with Gasteiger partial charge in [0.05, 0.1) is 5.69 Å². The number of alkyl halides is 1. The number of aromatic amines is 1. The summed E-state index contributed by atoms with van der Waals surface area (Å²) in [5.74, 6) is -0.0312. The molecule has 2 N–H and O–H groups in total. The zero-order valence-corrected chi connectivity index (χ0v) is 13.6. The maximum Gasteiger partial charge on any atom is 0.291 e. The maximum absolute atomic E-state index is 14.9. The zero-order chi connectivity index (χ0) is 17.0. The van der Waals surface area contributed by atoms with Gasteiger partial charge in [-0.15, -0.1) is 10.2 Å². The third-order valence-corrected chi connectivity index (χ3v) is 4.29. The number of carbonyl (C=O) groups excluding carboxylic acids is 1. The Balaban J connectivity index is 1.46. The first kappa shape index (κ1) is 16.5. The summed E-state index contributed by atoms with van der Waals surface area (Å²) in [6.45, 7) is 3.52. The van der Waals surface area contributed by atoms with E-state index in [-0.39, 0.29) is 18.3 Å². The molecule has 1 amide bonds. The van der Waals surface area contributed by atoms with Crippen molar-refractivity contribution in [3.8, 4) is 0 Å². The van der Waals surface area contributed by atoms with Crippen LogP contribution < -0.4 is 5.32 Å². The van der Waals surface area contributed by atoms with Gasteiger partial charge in [0.25, 0.3) is 5.91 Å². The average molecular weight is 332 g/mol. The topological polar surface area (TPSA) is 86.8 Å². The van der Waals surface area contributed by atoms with Crippen molar-refractivity contribution in [2.24, 2.45) is 0 Å². The van der Waals surface area contributed by atoms with Crippen molar-refractivity contribution in [1.29, 1.82) is 0 Å². The lowest BCUT2D eigenvalue weighted by atomic mass is 9.93. The van der Waals surface area contributed by atoms with Crippen molar-refractivity contribution >= 4 is 5.91 Å². The Hall–Kier alpha value is -2.35. The molecule has 2 aromatic rings. The second-order valence-corrected chi connectivity index (χ2v) is 6.21. The smallest absolute Gasteiger partial charge is 0.291 e. The van der Waals surface area contributed by atoms with Crippen molar-refractivity contribution in [2.75, 3.05) is 19.6 Å². The Morgan fingerprint density at radius 1 is 1.42 bits per heavy atom. The molecule has 1 aliphatic rings. The molecular weight excluding hydrogens is 311 g/mol. The summed E-state index contributed by atoms with van der Waals surface area (Å²) in [5, 5.41) is 10.4. The fraction of sp³-hybridized carbons (Fsp3) is 0.500. The molecule has 0 aromatic carbocycles. The van der Waals surface area contributed by atoms with Crippen molar-refractivity contribution in [1.82, 2.24) is 30.4 Å². The molecule has 7 nitrogen and oxygen atoms in total. The Morgan fingerprint density at radius 3 is 2.83 bits per heavy atom. The van der Waals surface area contributed by atoms with Crippen LogP contribution in [0.15, 0.2) is 24.7 Å². The second-order valence-electron chi connectivity index (χ2n) is 6.21. The van der Waals surface area contributed by atoms with Gasteiger partial charge in [-0.1, -0.05) is 6.07 Å². The molecule has 0 spiro atoms. The van der Waals surface area contributed by atoms with E-state index in [9.17, 15) is 9.18 Å². The maximum atomic E-state index is 14.9. The van der Waals surface area contributed by atoms with Gasteiger partial charge in [-0.05, 0) is 18.6 Å². The highest BCUT2D eigenvalue weighted by molar-refractivity contribution is 5.90. The molecule has 8 heteroatoms. The zero-order valence-electron chi connectivity index (χ0n) is 13.6. The highest BCUT2D eigenvalue weighted by Gasteiger charge is 2.36. The van der Waals surface area contributed by atoms with E-state index < -0.39 is 5.67 Å². The van der Waals surface area contributed by atoms with Gasteiger partial charge in [0, 0.05) is 45.2 Å². The summed E-state index contributed by atoms with van der Waals surface area (Å²) in [6.07, 6.45) is 3.78. The van der Waals surface area contributed by atoms with Crippen molar-refractivity contribution in [3.05, 3.63) is 41.7 Å². The van der Waals surface area contributed by atoms with E-state index >= 15 is 0 Å². The van der Waals surface area contributed by atoms with E-state index in [1.807, 2.05) is 19.1 Å². The first-order valence-electron chi connectivity index (χ1n) is 8.02. The molecule has 1 saturated heterocycles. The van der Waals surface area contributed by atoms with E-state index in [0.717, 1.165) is 11.3 Å². The number of aryl methyl sites for hydroxylation is 1. The number of nitrogens with one attached hydrogen (secondary N) is 2. The molecule has 1 aliphatic heterocycles. The van der Waals surface area contributed by atoms with E-state index in [0.29, 0.717) is 32.5 Å². The van der Waals surface area contributed by atoms with Crippen LogP contribution in [0.25, 0.3) is 0 Å². The third kappa shape index (κ3) is 3.94. The molecule has 3 heterocycles. The predicted octanol–water partition coefficient (Wildman–Crippen LogP) is 1.24. The number of hydrogen-bond donors (Lipinski definition) is 2. The minimum Gasteiger partial charge on any atom is -0.336 e. The van der Waals surface area contributed by atoms with Crippen LogP contribution in [0.4, 0.5) is 4.39 Å². The van der Waals surface area contributed by atoms with Gasteiger partial charge in [-0.2, -0.15) is 0 Å². The summed E-state index contributed by atoms with van der Waals surface area (Å²) in [5.41, 5.74) is 0.690. The quantitative estimate of drug-likeness (QED) is 0.860. The van der Waals surface area contributed by atoms with Crippen LogP contribution in [0.1, 0.15) is 34.7 Å². The summed E-state index contributed by atoms with van der Waals surface area (Å²) < 4.78 is 14.9. The Kier molecular flexibility index (Phi) is 4.84. The van der Waals surface area contributed by atoms with Gasteiger partial charge in [0.15, 0.2) is 0 Å². The number of aromatic nitrogens is 4. The number of rotatable bonds is 5. The molecule has 0 radical (unpaired) electrons. The Morgan fingerprint density at radius 2 is 2.21 bits per heavy atom. The lowest BCUT2D eigenvalue weighted by Crippen LogP contribution is -2.49. The normalized spacial score (nSPS) is 17.0. The van der Waals surface area contributed by atoms with E-state index in [1.165, 1.54) is 6.33 Å². The minimum absolute atomic E-state index is 0.199. The number of piperidine rings is 1. The summed E-state index contributed by atoms with van der Waals surface area (Å²) in [7, 11) is 0. The van der Waals surface area contributed by atoms with Crippen LogP contribution in [0.5, 0.6) is 0 Å². The lowest BCUT2D eigenvalue weighted by molar-refractivity contribution is 0.0425. The molecule has 0 atom stereocenters. The van der Waals surface area contributed by atoms with Gasteiger partial charge >= 0.3 is 0 Å². The van der Waals surface area contributed by atoms with E-state index in [1.54, 1.807) is 11.1 Å². The Labute approximate surface area is 139 Å². The van der Waals surface area contributed by atoms with Crippen molar-refractivity contribution < 1.29 is 9.18 Å². The predicted molar refractivity (Wildman–Crippen MR) is 86.0 cm³/mol. The molecule has 0 bridgehead atoms. The average Bonchev–Trinajstić information content (AvgIpc) is 3.11. The number of likely N-dealkylation sites (tertiary alicyclic amines) is 1. The highest BCUT2D eigenvalue weighted by Crippen LogP contribution is 2.26. The molecule has 1 fully saturated rings. The largest absolute Gasteiger partial charge is 0.336 e. The van der Waals surface area contributed by atoms with Gasteiger partial charge in [0.2, 0.25) is 5.82 Å². The SMILES string of the molecule is Cc1ccc(CNCC2(F)CCN(C(=O)c3nnc[nH]3)CC2)nc1. The number of H-pyrrole nitrogens is 1. The summed E-state index contributed by atoms with van der Waals surface area (Å²) >= 11 is 0. The number of pyridine rings is 1. The molecule has 0 saturated carbocycles. The molecule has 2 aromatic heterocycles. The van der Waals surface area contributed by atoms with E-state index in [2.05, 4.69) is 25.5 Å². The first-order chi connectivity index (χ1) is 11.6. The van der Waals surface area contributed by atoms with Crippen molar-refractivity contribution in [3.63, 3.8) is 0 Å². The molecule has 24 heavy (non-hydrogen) atoms. The van der Waals surface area contributed by atoms with Gasteiger partial charge in [-0.25, -0.2) is 4.39 Å². The molecule has 0 unspecified atom stereocenters. The van der Waals surface area contributed by atoms with Gasteiger partial charge in [-0.3, -0.25) is 9.78 Å². The first-order valence-corrected chi connectivity index (χ1v) is 8.02. The number of amides is 1. The standard InChI is InChI=1S/C16H21FN6O/c1-12-2-3-13(19-8-12)9-18-10-16(17)4-6-23(7-5-16)15(24)14-20-11-21-22-14/h2-3,8,11,18H,4-7,9-10H2,1H3,(H,20,21,22). The highest BCUT2D eigenvalue weighted by atomic mass is 19.1. The van der Waals surface area contributed by atoms with Gasteiger partial charge in [0.1, 0.15) is 12.0 Å².